The summed E-state index contributed by atoms with van der Waals surface area (Å²) >= 11 is 6.25. The van der Waals surface area contributed by atoms with Crippen LogP contribution in [0.15, 0.2) is 35.0 Å². The Hall–Kier alpha value is -1.45. The number of benzene rings is 1. The van der Waals surface area contributed by atoms with E-state index in [9.17, 15) is 12.8 Å². The monoisotopic (exact) mass is 436 g/mol. The Labute approximate surface area is 170 Å². The van der Waals surface area contributed by atoms with Gasteiger partial charge < -0.3 is 5.73 Å². The van der Waals surface area contributed by atoms with Gasteiger partial charge in [0, 0.05) is 29.2 Å². The number of nitrogens with zero attached hydrogens (tertiary/aromatic N) is 2. The molecule has 3 N–H and O–H groups in total. The van der Waals surface area contributed by atoms with E-state index in [1.165, 1.54) is 25.3 Å². The van der Waals surface area contributed by atoms with Gasteiger partial charge in [0.25, 0.3) is 0 Å². The molecule has 1 aromatic carbocycles. The molecule has 0 bridgehead atoms. The van der Waals surface area contributed by atoms with Crippen LogP contribution in [0.25, 0.3) is 0 Å². The molecule has 0 aliphatic rings. The molecule has 2 aromatic rings. The Morgan fingerprint density at radius 1 is 1.41 bits per heavy atom. The summed E-state index contributed by atoms with van der Waals surface area (Å²) in [7, 11) is -2.21. The molecule has 0 atom stereocenters. The van der Waals surface area contributed by atoms with E-state index in [0.29, 0.717) is 11.6 Å². The Bertz CT molecular complexity index is 943. The third kappa shape index (κ3) is 5.52. The van der Waals surface area contributed by atoms with Crippen LogP contribution in [0.3, 0.4) is 0 Å². The van der Waals surface area contributed by atoms with Crippen molar-refractivity contribution >= 4 is 34.0 Å². The average Bonchev–Trinajstić information content (AvgIpc) is 2.84. The van der Waals surface area contributed by atoms with Gasteiger partial charge in [-0.05, 0) is 44.7 Å². The number of hydrogen-bond donors (Lipinski definition) is 2. The fraction of sp³-hybridized carbons (Fsp3) is 0.353. The molecular formula is C17H23Cl2FN4O2S. The fourth-order valence-electron chi connectivity index (χ4n) is 2.62. The first-order valence-corrected chi connectivity index (χ1v) is 9.85. The van der Waals surface area contributed by atoms with Crippen molar-refractivity contribution in [1.82, 2.24) is 14.5 Å². The molecule has 1 heterocycles. The normalized spacial score (nSPS) is 12.1. The Morgan fingerprint density at radius 3 is 2.63 bits per heavy atom. The zero-order valence-electron chi connectivity index (χ0n) is 15.3. The largest absolute Gasteiger partial charge is 0.327 e. The van der Waals surface area contributed by atoms with Gasteiger partial charge in [0.05, 0.1) is 17.1 Å². The van der Waals surface area contributed by atoms with E-state index in [4.69, 9.17) is 17.3 Å². The lowest BCUT2D eigenvalue weighted by Gasteiger charge is -2.09. The first kappa shape index (κ1) is 23.6. The second-order valence-electron chi connectivity index (χ2n) is 5.83. The second-order valence-corrected chi connectivity index (χ2v) is 8.12. The minimum Gasteiger partial charge on any atom is -0.327 e. The molecule has 6 nitrogen and oxygen atoms in total. The van der Waals surface area contributed by atoms with Crippen molar-refractivity contribution in [2.24, 2.45) is 5.73 Å². The molecule has 27 heavy (non-hydrogen) atoms. The number of halogens is 3. The van der Waals surface area contributed by atoms with Gasteiger partial charge in [0.2, 0.25) is 10.0 Å². The van der Waals surface area contributed by atoms with Crippen molar-refractivity contribution in [3.8, 4) is 0 Å². The molecule has 0 aliphatic carbocycles. The molecule has 0 aliphatic heterocycles. The van der Waals surface area contributed by atoms with Crippen LogP contribution in [0.5, 0.6) is 0 Å². The molecule has 0 saturated heterocycles. The minimum absolute atomic E-state index is 0. The van der Waals surface area contributed by atoms with E-state index < -0.39 is 10.0 Å². The fourth-order valence-corrected chi connectivity index (χ4v) is 3.68. The van der Waals surface area contributed by atoms with E-state index in [-0.39, 0.29) is 36.1 Å². The van der Waals surface area contributed by atoms with Crippen LogP contribution < -0.4 is 10.5 Å². The summed E-state index contributed by atoms with van der Waals surface area (Å²) in [5, 5.41) is 4.77. The first-order valence-electron chi connectivity index (χ1n) is 7.99. The first-order chi connectivity index (χ1) is 12.2. The van der Waals surface area contributed by atoms with Gasteiger partial charge in [-0.2, -0.15) is 5.10 Å². The van der Waals surface area contributed by atoms with Gasteiger partial charge in [0.1, 0.15) is 5.83 Å². The summed E-state index contributed by atoms with van der Waals surface area (Å²) in [5.41, 5.74) is 8.41. The van der Waals surface area contributed by atoms with E-state index in [1.807, 2.05) is 13.8 Å². The van der Waals surface area contributed by atoms with E-state index in [0.717, 1.165) is 22.5 Å². The predicted molar refractivity (Wildman–Crippen MR) is 108 cm³/mol. The third-order valence-corrected chi connectivity index (χ3v) is 5.90. The summed E-state index contributed by atoms with van der Waals surface area (Å²) in [6.45, 7) is 4.18. The maximum Gasteiger partial charge on any atom is 0.240 e. The van der Waals surface area contributed by atoms with E-state index >= 15 is 0 Å². The summed E-state index contributed by atoms with van der Waals surface area (Å²) in [6, 6.07) is 4.54. The van der Waals surface area contributed by atoms with Gasteiger partial charge in [-0.15, -0.1) is 12.4 Å². The Kier molecular flexibility index (Phi) is 8.44. The average molecular weight is 437 g/mol. The lowest BCUT2D eigenvalue weighted by atomic mass is 10.1. The molecular weight excluding hydrogens is 414 g/mol. The molecule has 10 heteroatoms. The van der Waals surface area contributed by atoms with Crippen LogP contribution in [0, 0.1) is 13.8 Å². The number of sulfonamides is 1. The maximum atomic E-state index is 13.8. The molecule has 150 valence electrons. The van der Waals surface area contributed by atoms with Crippen molar-refractivity contribution in [1.29, 1.82) is 0 Å². The maximum absolute atomic E-state index is 13.8. The molecule has 0 fully saturated rings. The molecule has 0 saturated carbocycles. The molecule has 0 radical (unpaired) electrons. The van der Waals surface area contributed by atoms with Gasteiger partial charge >= 0.3 is 0 Å². The minimum atomic E-state index is -3.56. The molecule has 0 amide bonds. The number of hydrogen-bond acceptors (Lipinski definition) is 4. The van der Waals surface area contributed by atoms with Gasteiger partial charge in [-0.25, -0.2) is 17.5 Å². The number of aromatic nitrogens is 2. The van der Waals surface area contributed by atoms with E-state index in [2.05, 4.69) is 9.82 Å². The number of nitrogens with two attached hydrogens (primary N) is 1. The van der Waals surface area contributed by atoms with Crippen molar-refractivity contribution in [2.45, 2.75) is 31.7 Å². The standard InChI is InChI=1S/C17H22ClFN4O2S.ClH/c1-11-16(8-14(19)6-7-20)12(2)23(22-11)10-13-4-5-15(9-17(13)18)26(24,25)21-3;/h4-6,9,21H,7-8,10,20H2,1-3H3;1H/b14-6-;. The summed E-state index contributed by atoms with van der Waals surface area (Å²) in [6.07, 6.45) is 1.48. The van der Waals surface area contributed by atoms with Gasteiger partial charge in [-0.1, -0.05) is 17.7 Å². The summed E-state index contributed by atoms with van der Waals surface area (Å²) < 4.78 is 41.5. The highest BCUT2D eigenvalue weighted by Gasteiger charge is 2.16. The smallest absolute Gasteiger partial charge is 0.240 e. The van der Waals surface area contributed by atoms with Crippen molar-refractivity contribution < 1.29 is 12.8 Å². The Morgan fingerprint density at radius 2 is 2.07 bits per heavy atom. The lowest BCUT2D eigenvalue weighted by molar-refractivity contribution is 0.588. The van der Waals surface area contributed by atoms with E-state index in [1.54, 1.807) is 10.7 Å². The van der Waals surface area contributed by atoms with Crippen molar-refractivity contribution in [2.75, 3.05) is 13.6 Å². The second kappa shape index (κ2) is 9.66. The predicted octanol–water partition coefficient (Wildman–Crippen LogP) is 2.89. The third-order valence-electron chi connectivity index (χ3n) is 4.14. The quantitative estimate of drug-likeness (QED) is 0.697. The summed E-state index contributed by atoms with van der Waals surface area (Å²) in [5.74, 6) is -0.294. The number of allylic oxidation sites excluding steroid dienone is 1. The highest BCUT2D eigenvalue weighted by molar-refractivity contribution is 7.89. The molecule has 0 spiro atoms. The van der Waals surface area contributed by atoms with Crippen LogP contribution in [-0.2, 0) is 23.0 Å². The van der Waals surface area contributed by atoms with Crippen LogP contribution in [-0.4, -0.2) is 31.8 Å². The lowest BCUT2D eigenvalue weighted by Crippen LogP contribution is -2.18. The highest BCUT2D eigenvalue weighted by Crippen LogP contribution is 2.24. The van der Waals surface area contributed by atoms with Crippen LogP contribution in [0.2, 0.25) is 5.02 Å². The zero-order chi connectivity index (χ0) is 19.5. The molecule has 1 aromatic heterocycles. The van der Waals surface area contributed by atoms with Crippen LogP contribution in [0.4, 0.5) is 4.39 Å². The number of nitrogens with one attached hydrogen (secondary N) is 1. The molecule has 0 unspecified atom stereocenters. The summed E-state index contributed by atoms with van der Waals surface area (Å²) in [4.78, 5) is 0.0943. The number of aryl methyl sites for hydroxylation is 1. The van der Waals surface area contributed by atoms with Gasteiger partial charge in [0.15, 0.2) is 0 Å². The highest BCUT2D eigenvalue weighted by atomic mass is 35.5. The topological polar surface area (TPSA) is 90.0 Å². The SMILES string of the molecule is CNS(=O)(=O)c1ccc(Cn2nc(C)c(C/C(F)=C/CN)c2C)c(Cl)c1.Cl. The van der Waals surface area contributed by atoms with Crippen LogP contribution >= 0.6 is 24.0 Å². The van der Waals surface area contributed by atoms with Crippen molar-refractivity contribution in [3.05, 3.63) is 57.6 Å². The number of rotatable bonds is 7. The van der Waals surface area contributed by atoms with Crippen molar-refractivity contribution in [3.63, 3.8) is 0 Å². The zero-order valence-corrected chi connectivity index (χ0v) is 17.7. The molecule has 2 rings (SSSR count). The van der Waals surface area contributed by atoms with Crippen LogP contribution in [0.1, 0.15) is 22.5 Å². The Balaban J connectivity index is 0.00000364. The van der Waals surface area contributed by atoms with Gasteiger partial charge in [-0.3, -0.25) is 4.68 Å².